The lowest BCUT2D eigenvalue weighted by molar-refractivity contribution is -0.131. The Hall–Kier alpha value is -4.40. The molecular weight excluding hydrogens is 520 g/mol. The van der Waals surface area contributed by atoms with Crippen molar-refractivity contribution in [1.82, 2.24) is 9.80 Å². The highest BCUT2D eigenvalue weighted by atomic mass is 16.3. The topological polar surface area (TPSA) is 112 Å². The zero-order valence-electron chi connectivity index (χ0n) is 23.5. The minimum Gasteiger partial charge on any atom is -0.456 e. The van der Waals surface area contributed by atoms with E-state index < -0.39 is 0 Å². The molecule has 1 aromatic heterocycles. The molecule has 0 unspecified atom stereocenters. The van der Waals surface area contributed by atoms with Gasteiger partial charge in [0.1, 0.15) is 11.5 Å². The van der Waals surface area contributed by atoms with Gasteiger partial charge < -0.3 is 24.9 Å². The molecule has 0 aliphatic carbocycles. The number of anilines is 2. The molecule has 5 rings (SSSR count). The summed E-state index contributed by atoms with van der Waals surface area (Å²) in [5, 5.41) is 5.86. The van der Waals surface area contributed by atoms with Crippen molar-refractivity contribution in [2.45, 2.75) is 64.5 Å². The first-order valence-corrected chi connectivity index (χ1v) is 14.2. The zero-order chi connectivity index (χ0) is 28.9. The van der Waals surface area contributed by atoms with Crippen molar-refractivity contribution in [1.29, 1.82) is 0 Å². The van der Waals surface area contributed by atoms with Gasteiger partial charge in [0.15, 0.2) is 0 Å². The number of nitrogens with zero attached hydrogens (tertiary/aromatic N) is 2. The highest BCUT2D eigenvalue weighted by Crippen LogP contribution is 2.30. The van der Waals surface area contributed by atoms with Gasteiger partial charge in [-0.3, -0.25) is 19.2 Å². The summed E-state index contributed by atoms with van der Waals surface area (Å²) in [7, 11) is 0. The van der Waals surface area contributed by atoms with Gasteiger partial charge in [-0.15, -0.1) is 0 Å². The fourth-order valence-corrected chi connectivity index (χ4v) is 5.86. The maximum absolute atomic E-state index is 12.5. The Bertz CT molecular complexity index is 1310. The van der Waals surface area contributed by atoms with Gasteiger partial charge in [0.05, 0.1) is 0 Å². The number of rotatable bonds is 8. The Kier molecular flexibility index (Phi) is 8.52. The largest absolute Gasteiger partial charge is 0.456 e. The third-order valence-electron chi connectivity index (χ3n) is 7.92. The predicted molar refractivity (Wildman–Crippen MR) is 157 cm³/mol. The van der Waals surface area contributed by atoms with E-state index in [2.05, 4.69) is 10.6 Å². The molecule has 0 spiro atoms. The molecule has 3 aromatic rings. The SMILES string of the molecule is CC(=O)N1CCC[C@H]1CC(=O)Nc1ccc(-c2ccc(-c3ccc(NC(=O)C[C@@H]4CCCN4C(C)=O)cc3)o2)cc1. The van der Waals surface area contributed by atoms with Gasteiger partial charge in [0, 0.05) is 74.4 Å². The Balaban J connectivity index is 1.14. The number of hydrogen-bond acceptors (Lipinski definition) is 5. The molecule has 9 nitrogen and oxygen atoms in total. The Morgan fingerprint density at radius 3 is 1.41 bits per heavy atom. The molecule has 2 fully saturated rings. The number of carbonyl (C=O) groups is 4. The third-order valence-corrected chi connectivity index (χ3v) is 7.92. The van der Waals surface area contributed by atoms with Crippen molar-refractivity contribution >= 4 is 35.0 Å². The second-order valence-electron chi connectivity index (χ2n) is 10.8. The molecule has 3 heterocycles. The van der Waals surface area contributed by atoms with Crippen molar-refractivity contribution in [2.24, 2.45) is 0 Å². The maximum atomic E-state index is 12.5. The Labute approximate surface area is 239 Å². The molecule has 0 radical (unpaired) electrons. The van der Waals surface area contributed by atoms with Gasteiger partial charge in [-0.2, -0.15) is 0 Å². The van der Waals surface area contributed by atoms with Crippen molar-refractivity contribution in [3.05, 3.63) is 60.7 Å². The second-order valence-corrected chi connectivity index (χ2v) is 10.8. The van der Waals surface area contributed by atoms with Gasteiger partial charge in [0.2, 0.25) is 23.6 Å². The van der Waals surface area contributed by atoms with Crippen LogP contribution in [0.4, 0.5) is 11.4 Å². The number of likely N-dealkylation sites (tertiary alicyclic amines) is 2. The van der Waals surface area contributed by atoms with Crippen LogP contribution in [0.3, 0.4) is 0 Å². The monoisotopic (exact) mass is 556 g/mol. The average Bonchev–Trinajstić information content (AvgIpc) is 3.71. The lowest BCUT2D eigenvalue weighted by Crippen LogP contribution is -2.36. The quantitative estimate of drug-likeness (QED) is 0.392. The molecule has 214 valence electrons. The van der Waals surface area contributed by atoms with E-state index in [0.717, 1.165) is 49.9 Å². The predicted octanol–water partition coefficient (Wildman–Crippen LogP) is 5.29. The number of benzene rings is 2. The van der Waals surface area contributed by atoms with Crippen molar-refractivity contribution in [3.63, 3.8) is 0 Å². The van der Waals surface area contributed by atoms with Crippen LogP contribution in [0.2, 0.25) is 0 Å². The molecule has 2 aromatic carbocycles. The molecule has 0 bridgehead atoms. The lowest BCUT2D eigenvalue weighted by Gasteiger charge is -2.22. The zero-order valence-corrected chi connectivity index (χ0v) is 23.5. The molecule has 2 aliphatic heterocycles. The maximum Gasteiger partial charge on any atom is 0.226 e. The van der Waals surface area contributed by atoms with Crippen molar-refractivity contribution in [2.75, 3.05) is 23.7 Å². The van der Waals surface area contributed by atoms with Crippen LogP contribution in [0.5, 0.6) is 0 Å². The fraction of sp³-hybridized carbons (Fsp3) is 0.375. The summed E-state index contributed by atoms with van der Waals surface area (Å²) in [6, 6.07) is 18.7. The van der Waals surface area contributed by atoms with Gasteiger partial charge in [-0.25, -0.2) is 0 Å². The van der Waals surface area contributed by atoms with Crippen molar-refractivity contribution < 1.29 is 23.6 Å². The minimum absolute atomic E-state index is 0.0167. The summed E-state index contributed by atoms with van der Waals surface area (Å²) >= 11 is 0. The van der Waals surface area contributed by atoms with Crippen LogP contribution in [0.25, 0.3) is 22.6 Å². The number of nitrogens with one attached hydrogen (secondary N) is 2. The number of hydrogen-bond donors (Lipinski definition) is 2. The van der Waals surface area contributed by atoms with Gasteiger partial charge in [-0.05, 0) is 86.3 Å². The van der Waals surface area contributed by atoms with Crippen LogP contribution in [-0.2, 0) is 19.2 Å². The van der Waals surface area contributed by atoms with Crippen LogP contribution in [0.15, 0.2) is 65.1 Å². The molecule has 2 saturated heterocycles. The first-order valence-electron chi connectivity index (χ1n) is 14.2. The van der Waals surface area contributed by atoms with E-state index in [1.54, 1.807) is 23.6 Å². The summed E-state index contributed by atoms with van der Waals surface area (Å²) in [5.74, 6) is 1.22. The molecule has 9 heteroatoms. The number of carbonyl (C=O) groups excluding carboxylic acids is 4. The molecule has 2 N–H and O–H groups in total. The summed E-state index contributed by atoms with van der Waals surface area (Å²) in [5.41, 5.74) is 3.14. The smallest absolute Gasteiger partial charge is 0.226 e. The van der Waals surface area contributed by atoms with Crippen molar-refractivity contribution in [3.8, 4) is 22.6 Å². The Morgan fingerprint density at radius 2 is 1.05 bits per heavy atom. The molecule has 41 heavy (non-hydrogen) atoms. The fourth-order valence-electron chi connectivity index (χ4n) is 5.86. The van der Waals surface area contributed by atoms with Crippen LogP contribution in [0.1, 0.15) is 52.4 Å². The molecule has 2 atom stereocenters. The summed E-state index contributed by atoms with van der Waals surface area (Å²) in [6.07, 6.45) is 4.16. The normalized spacial score (nSPS) is 18.4. The van der Waals surface area contributed by atoms with E-state index in [0.29, 0.717) is 35.7 Å². The number of furan rings is 1. The van der Waals surface area contributed by atoms with Crippen LogP contribution >= 0.6 is 0 Å². The minimum atomic E-state index is -0.104. The first-order chi connectivity index (χ1) is 19.8. The summed E-state index contributed by atoms with van der Waals surface area (Å²) in [6.45, 7) is 4.54. The molecular formula is C32H36N4O5. The van der Waals surface area contributed by atoms with E-state index in [-0.39, 0.29) is 35.7 Å². The number of amides is 4. The Morgan fingerprint density at radius 1 is 0.659 bits per heavy atom. The molecule has 0 saturated carbocycles. The van der Waals surface area contributed by atoms with Gasteiger partial charge >= 0.3 is 0 Å². The van der Waals surface area contributed by atoms with E-state index in [1.807, 2.05) is 60.7 Å². The van der Waals surface area contributed by atoms with E-state index in [4.69, 9.17) is 4.42 Å². The van der Waals surface area contributed by atoms with Crippen LogP contribution in [-0.4, -0.2) is 58.6 Å². The second kappa shape index (κ2) is 12.4. The van der Waals surface area contributed by atoms with Gasteiger partial charge in [-0.1, -0.05) is 0 Å². The average molecular weight is 557 g/mol. The van der Waals surface area contributed by atoms with Crippen LogP contribution < -0.4 is 10.6 Å². The highest BCUT2D eigenvalue weighted by molar-refractivity contribution is 5.92. The van der Waals surface area contributed by atoms with Crippen LogP contribution in [0, 0.1) is 0 Å². The first kappa shape index (κ1) is 28.1. The molecule has 2 aliphatic rings. The highest BCUT2D eigenvalue weighted by Gasteiger charge is 2.29. The van der Waals surface area contributed by atoms with E-state index in [1.165, 1.54) is 0 Å². The van der Waals surface area contributed by atoms with E-state index in [9.17, 15) is 19.2 Å². The standard InChI is InChI=1S/C32H36N4O5/c1-21(37)35-17-3-5-27(35)19-31(39)33-25-11-7-23(8-12-25)29-15-16-30(41-29)24-9-13-26(14-10-24)34-32(40)20-28-6-4-18-36(28)22(2)38/h7-16,27-28H,3-6,17-20H2,1-2H3,(H,33,39)(H,34,40)/t27-,28-/m0/s1. The van der Waals surface area contributed by atoms with Gasteiger partial charge in [0.25, 0.3) is 0 Å². The summed E-state index contributed by atoms with van der Waals surface area (Å²) < 4.78 is 6.09. The van der Waals surface area contributed by atoms with E-state index >= 15 is 0 Å². The molecule has 4 amide bonds. The lowest BCUT2D eigenvalue weighted by atomic mass is 10.1. The summed E-state index contributed by atoms with van der Waals surface area (Å²) in [4.78, 5) is 52.2. The third kappa shape index (κ3) is 6.85.